The first-order chi connectivity index (χ1) is 8.49. The number of hydrogen-bond donors (Lipinski definition) is 1. The summed E-state index contributed by atoms with van der Waals surface area (Å²) in [6.07, 6.45) is 5.85. The summed E-state index contributed by atoms with van der Waals surface area (Å²) in [6, 6.07) is 2.69. The van der Waals surface area contributed by atoms with Gasteiger partial charge in [0.05, 0.1) is 6.07 Å². The smallest absolute Gasteiger partial charge is 0.251 e. The summed E-state index contributed by atoms with van der Waals surface area (Å²) in [5.74, 6) is -2.43. The number of nitrogens with zero attached hydrogens (tertiary/aromatic N) is 1. The van der Waals surface area contributed by atoms with Crippen molar-refractivity contribution in [3.63, 3.8) is 0 Å². The molecule has 0 unspecified atom stereocenters. The monoisotopic (exact) mass is 256 g/mol. The van der Waals surface area contributed by atoms with E-state index in [1.807, 2.05) is 0 Å². The summed E-state index contributed by atoms with van der Waals surface area (Å²) in [7, 11) is 0. The summed E-state index contributed by atoms with van der Waals surface area (Å²) in [5, 5.41) is 12.2. The molecule has 18 heavy (non-hydrogen) atoms. The third-order valence-electron chi connectivity index (χ3n) is 4.81. The number of nitrogens with one attached hydrogen (secondary N) is 1. The van der Waals surface area contributed by atoms with Gasteiger partial charge in [-0.15, -0.1) is 0 Å². The van der Waals surface area contributed by atoms with Crippen molar-refractivity contribution in [2.24, 2.45) is 5.41 Å². The van der Waals surface area contributed by atoms with Crippen molar-refractivity contribution in [2.45, 2.75) is 76.3 Å². The Morgan fingerprint density at radius 2 is 1.83 bits per heavy atom. The Kier molecular flexibility index (Phi) is 3.91. The Morgan fingerprint density at radius 3 is 2.28 bits per heavy atom. The van der Waals surface area contributed by atoms with Gasteiger partial charge in [0, 0.05) is 31.3 Å². The third-order valence-corrected chi connectivity index (χ3v) is 4.81. The molecular formula is C14H22F2N2. The fraction of sp³-hybridized carbons (Fsp3) is 0.929. The highest BCUT2D eigenvalue weighted by atomic mass is 19.3. The lowest BCUT2D eigenvalue weighted by Gasteiger charge is -2.43. The van der Waals surface area contributed by atoms with Crippen LogP contribution in [0.5, 0.6) is 0 Å². The molecule has 0 spiro atoms. The second kappa shape index (κ2) is 5.13. The van der Waals surface area contributed by atoms with Gasteiger partial charge in [-0.25, -0.2) is 8.78 Å². The van der Waals surface area contributed by atoms with Crippen molar-refractivity contribution in [1.82, 2.24) is 5.32 Å². The largest absolute Gasteiger partial charge is 0.311 e. The predicted octanol–water partition coefficient (Wildman–Crippen LogP) is 3.63. The first kappa shape index (κ1) is 13.7. The Hall–Kier alpha value is -0.690. The van der Waals surface area contributed by atoms with Gasteiger partial charge in [0.1, 0.15) is 0 Å². The molecule has 2 fully saturated rings. The van der Waals surface area contributed by atoms with Crippen molar-refractivity contribution in [1.29, 1.82) is 5.26 Å². The van der Waals surface area contributed by atoms with Gasteiger partial charge in [0.15, 0.2) is 0 Å². The molecule has 102 valence electrons. The van der Waals surface area contributed by atoms with Crippen molar-refractivity contribution < 1.29 is 8.78 Å². The number of halogens is 2. The highest BCUT2D eigenvalue weighted by molar-refractivity contribution is 4.97. The van der Waals surface area contributed by atoms with E-state index >= 15 is 0 Å². The fourth-order valence-corrected chi connectivity index (χ4v) is 3.33. The van der Waals surface area contributed by atoms with Gasteiger partial charge in [-0.1, -0.05) is 6.92 Å². The summed E-state index contributed by atoms with van der Waals surface area (Å²) < 4.78 is 25.5. The average molecular weight is 256 g/mol. The van der Waals surface area contributed by atoms with Crippen molar-refractivity contribution in [3.05, 3.63) is 0 Å². The molecule has 2 saturated carbocycles. The van der Waals surface area contributed by atoms with E-state index in [1.54, 1.807) is 0 Å². The zero-order valence-electron chi connectivity index (χ0n) is 11.0. The van der Waals surface area contributed by atoms with Crippen LogP contribution >= 0.6 is 0 Å². The van der Waals surface area contributed by atoms with E-state index in [0.717, 1.165) is 32.1 Å². The maximum atomic E-state index is 12.7. The van der Waals surface area contributed by atoms with Crippen LogP contribution in [-0.2, 0) is 0 Å². The van der Waals surface area contributed by atoms with E-state index in [0.29, 0.717) is 12.5 Å². The molecule has 2 nitrogen and oxygen atoms in total. The summed E-state index contributed by atoms with van der Waals surface area (Å²) in [4.78, 5) is 0. The Morgan fingerprint density at radius 1 is 1.22 bits per heavy atom. The van der Waals surface area contributed by atoms with Gasteiger partial charge < -0.3 is 5.32 Å². The van der Waals surface area contributed by atoms with E-state index in [-0.39, 0.29) is 24.3 Å². The maximum absolute atomic E-state index is 12.7. The molecule has 0 atom stereocenters. The lowest BCUT2D eigenvalue weighted by Crippen LogP contribution is -2.53. The summed E-state index contributed by atoms with van der Waals surface area (Å²) >= 11 is 0. The second-order valence-corrected chi connectivity index (χ2v) is 6.09. The van der Waals surface area contributed by atoms with Crippen LogP contribution in [0.2, 0.25) is 0 Å². The van der Waals surface area contributed by atoms with Crippen LogP contribution in [0, 0.1) is 16.7 Å². The quantitative estimate of drug-likeness (QED) is 0.833. The maximum Gasteiger partial charge on any atom is 0.251 e. The first-order valence-corrected chi connectivity index (χ1v) is 6.99. The molecule has 0 radical (unpaired) electrons. The second-order valence-electron chi connectivity index (χ2n) is 6.09. The molecule has 0 saturated heterocycles. The SMILES string of the molecule is CCC1(CC#N)CCC(NC2CC(F)(F)C2)CC1. The Balaban J connectivity index is 1.75. The Labute approximate surface area is 108 Å². The van der Waals surface area contributed by atoms with Crippen molar-refractivity contribution >= 4 is 0 Å². The van der Waals surface area contributed by atoms with E-state index in [2.05, 4.69) is 18.3 Å². The number of alkyl halides is 2. The van der Waals surface area contributed by atoms with E-state index < -0.39 is 5.92 Å². The molecule has 0 aromatic heterocycles. The van der Waals surface area contributed by atoms with Crippen LogP contribution in [0.4, 0.5) is 8.78 Å². The molecule has 2 rings (SSSR count). The van der Waals surface area contributed by atoms with Gasteiger partial charge in [0.25, 0.3) is 5.92 Å². The van der Waals surface area contributed by atoms with E-state index in [1.165, 1.54) is 0 Å². The zero-order valence-corrected chi connectivity index (χ0v) is 11.0. The molecule has 0 amide bonds. The van der Waals surface area contributed by atoms with Crippen LogP contribution in [0.15, 0.2) is 0 Å². The molecule has 0 aromatic rings. The van der Waals surface area contributed by atoms with Crippen LogP contribution in [0.3, 0.4) is 0 Å². The lowest BCUT2D eigenvalue weighted by molar-refractivity contribution is -0.0961. The molecule has 0 heterocycles. The summed E-state index contributed by atoms with van der Waals surface area (Å²) in [6.45, 7) is 2.15. The lowest BCUT2D eigenvalue weighted by atomic mass is 9.69. The zero-order chi connectivity index (χ0) is 13.2. The van der Waals surface area contributed by atoms with Crippen molar-refractivity contribution in [2.75, 3.05) is 0 Å². The van der Waals surface area contributed by atoms with Crippen molar-refractivity contribution in [3.8, 4) is 6.07 Å². The average Bonchev–Trinajstić information content (AvgIpc) is 2.30. The van der Waals surface area contributed by atoms with Crippen LogP contribution in [0.25, 0.3) is 0 Å². The molecule has 0 bridgehead atoms. The molecule has 2 aliphatic carbocycles. The summed E-state index contributed by atoms with van der Waals surface area (Å²) in [5.41, 5.74) is 0.191. The molecular weight excluding hydrogens is 234 g/mol. The molecule has 4 heteroatoms. The van der Waals surface area contributed by atoms with Crippen LogP contribution < -0.4 is 5.32 Å². The number of nitriles is 1. The van der Waals surface area contributed by atoms with Gasteiger partial charge in [-0.2, -0.15) is 5.26 Å². The van der Waals surface area contributed by atoms with Gasteiger partial charge in [-0.05, 0) is 37.5 Å². The third kappa shape index (κ3) is 3.00. The van der Waals surface area contributed by atoms with Crippen LogP contribution in [-0.4, -0.2) is 18.0 Å². The number of rotatable bonds is 4. The van der Waals surface area contributed by atoms with Gasteiger partial charge in [0.2, 0.25) is 0 Å². The normalized spacial score (nSPS) is 35.8. The molecule has 1 N–H and O–H groups in total. The molecule has 0 aliphatic heterocycles. The molecule has 0 aromatic carbocycles. The number of hydrogen-bond acceptors (Lipinski definition) is 2. The van der Waals surface area contributed by atoms with Gasteiger partial charge >= 0.3 is 0 Å². The minimum absolute atomic E-state index is 0.000611. The standard InChI is InChI=1S/C14H22F2N2/c1-2-13(7-8-17)5-3-11(4-6-13)18-12-9-14(15,16)10-12/h11-12,18H,2-7,9-10H2,1H3. The van der Waals surface area contributed by atoms with Crippen LogP contribution in [0.1, 0.15) is 58.3 Å². The first-order valence-electron chi connectivity index (χ1n) is 6.99. The fourth-order valence-electron chi connectivity index (χ4n) is 3.33. The predicted molar refractivity (Wildman–Crippen MR) is 66.3 cm³/mol. The highest BCUT2D eigenvalue weighted by Gasteiger charge is 2.46. The minimum atomic E-state index is -2.43. The van der Waals surface area contributed by atoms with Gasteiger partial charge in [-0.3, -0.25) is 0 Å². The molecule has 2 aliphatic rings. The highest BCUT2D eigenvalue weighted by Crippen LogP contribution is 2.43. The van der Waals surface area contributed by atoms with E-state index in [4.69, 9.17) is 5.26 Å². The Bertz CT molecular complexity index is 319. The van der Waals surface area contributed by atoms with E-state index in [9.17, 15) is 8.78 Å². The minimum Gasteiger partial charge on any atom is -0.311 e. The topological polar surface area (TPSA) is 35.8 Å².